The molecule has 6 N–H and O–H groups in total. The van der Waals surface area contributed by atoms with Crippen molar-refractivity contribution < 1.29 is 24.3 Å². The highest BCUT2D eigenvalue weighted by atomic mass is 32.1. The second kappa shape index (κ2) is 15.0. The number of aliphatic carboxylic acids is 1. The molecule has 200 valence electrons. The third-order valence-electron chi connectivity index (χ3n) is 5.69. The van der Waals surface area contributed by atoms with Crippen molar-refractivity contribution in [1.82, 2.24) is 16.0 Å². The number of carbonyl (C=O) groups excluding carboxylic acids is 3. The van der Waals surface area contributed by atoms with Gasteiger partial charge in [-0.25, -0.2) is 4.79 Å². The minimum absolute atomic E-state index is 0.0274. The number of hydrogen-bond acceptors (Lipinski definition) is 6. The summed E-state index contributed by atoms with van der Waals surface area (Å²) in [6.45, 7) is 3.71. The van der Waals surface area contributed by atoms with Crippen LogP contribution in [0.25, 0.3) is 0 Å². The van der Waals surface area contributed by atoms with E-state index >= 15 is 0 Å². The summed E-state index contributed by atoms with van der Waals surface area (Å²) in [7, 11) is 0. The Balaban J connectivity index is 2.12. The zero-order valence-electron chi connectivity index (χ0n) is 21.1. The Labute approximate surface area is 223 Å². The molecular weight excluding hydrogens is 492 g/mol. The predicted molar refractivity (Wildman–Crippen MR) is 145 cm³/mol. The van der Waals surface area contributed by atoms with Gasteiger partial charge in [-0.2, -0.15) is 12.6 Å². The van der Waals surface area contributed by atoms with Gasteiger partial charge in [-0.1, -0.05) is 74.5 Å². The fourth-order valence-corrected chi connectivity index (χ4v) is 3.99. The van der Waals surface area contributed by atoms with E-state index in [1.807, 2.05) is 50.2 Å². The third kappa shape index (κ3) is 10.3. The molecule has 0 radical (unpaired) electrons. The van der Waals surface area contributed by atoms with Crippen molar-refractivity contribution in [2.24, 2.45) is 11.7 Å². The molecule has 4 unspecified atom stereocenters. The molecule has 2 aromatic carbocycles. The Kier molecular flexibility index (Phi) is 12.1. The van der Waals surface area contributed by atoms with Crippen LogP contribution in [-0.2, 0) is 32.0 Å². The van der Waals surface area contributed by atoms with Crippen LogP contribution < -0.4 is 21.7 Å². The first-order chi connectivity index (χ1) is 17.6. The number of rotatable bonds is 14. The fraction of sp³-hybridized carbons (Fsp3) is 0.407. The molecule has 4 atom stereocenters. The standard InChI is InChI=1S/C27H36N4O5S/c1-17(2)13-22(27(35)36)30-25(33)21(15-19-11-7-4-8-12-19)29-26(34)23(16-37)31-24(32)20(28)14-18-9-5-3-6-10-18/h3-12,17,20-23,37H,13-16,28H2,1-2H3,(H,29,34)(H,30,33)(H,31,32)(H,35,36). The first kappa shape index (κ1) is 29.9. The molecule has 0 fully saturated rings. The number of carboxylic acids is 1. The van der Waals surface area contributed by atoms with E-state index in [1.54, 1.807) is 24.3 Å². The lowest BCUT2D eigenvalue weighted by Gasteiger charge is -2.25. The van der Waals surface area contributed by atoms with Crippen molar-refractivity contribution in [1.29, 1.82) is 0 Å². The second-order valence-corrected chi connectivity index (χ2v) is 9.68. The SMILES string of the molecule is CC(C)CC(NC(=O)C(Cc1ccccc1)NC(=O)C(CS)NC(=O)C(N)Cc1ccccc1)C(=O)O. The molecule has 0 saturated carbocycles. The quantitative estimate of drug-likeness (QED) is 0.204. The number of hydrogen-bond donors (Lipinski definition) is 6. The smallest absolute Gasteiger partial charge is 0.326 e. The maximum Gasteiger partial charge on any atom is 0.326 e. The largest absolute Gasteiger partial charge is 0.480 e. The van der Waals surface area contributed by atoms with Gasteiger partial charge in [0.2, 0.25) is 17.7 Å². The second-order valence-electron chi connectivity index (χ2n) is 9.32. The van der Waals surface area contributed by atoms with Crippen LogP contribution >= 0.6 is 12.6 Å². The molecule has 0 spiro atoms. The molecule has 0 aliphatic rings. The lowest BCUT2D eigenvalue weighted by molar-refractivity contribution is -0.142. The molecule has 0 heterocycles. The normalized spacial score (nSPS) is 14.2. The monoisotopic (exact) mass is 528 g/mol. The van der Waals surface area contributed by atoms with Gasteiger partial charge in [0.15, 0.2) is 0 Å². The number of thiol groups is 1. The predicted octanol–water partition coefficient (Wildman–Crippen LogP) is 1.31. The minimum Gasteiger partial charge on any atom is -0.480 e. The highest BCUT2D eigenvalue weighted by molar-refractivity contribution is 7.80. The fourth-order valence-electron chi connectivity index (χ4n) is 3.73. The van der Waals surface area contributed by atoms with Gasteiger partial charge >= 0.3 is 5.97 Å². The number of carbonyl (C=O) groups is 4. The van der Waals surface area contributed by atoms with Crippen molar-refractivity contribution in [2.75, 3.05) is 5.75 Å². The molecule has 2 aromatic rings. The van der Waals surface area contributed by atoms with Crippen LogP contribution in [0, 0.1) is 5.92 Å². The topological polar surface area (TPSA) is 151 Å². The van der Waals surface area contributed by atoms with Crippen LogP contribution in [0.1, 0.15) is 31.4 Å². The van der Waals surface area contributed by atoms with Crippen LogP contribution in [-0.4, -0.2) is 58.7 Å². The van der Waals surface area contributed by atoms with Crippen LogP contribution in [0.5, 0.6) is 0 Å². The number of nitrogens with two attached hydrogens (primary N) is 1. The van der Waals surface area contributed by atoms with Gasteiger partial charge in [0, 0.05) is 12.2 Å². The van der Waals surface area contributed by atoms with Crippen molar-refractivity contribution >= 4 is 36.3 Å². The molecule has 2 rings (SSSR count). The van der Waals surface area contributed by atoms with Gasteiger partial charge in [0.05, 0.1) is 6.04 Å². The Morgan fingerprint density at radius 2 is 1.22 bits per heavy atom. The zero-order chi connectivity index (χ0) is 27.4. The molecule has 37 heavy (non-hydrogen) atoms. The highest BCUT2D eigenvalue weighted by Gasteiger charge is 2.30. The first-order valence-corrected chi connectivity index (χ1v) is 12.8. The zero-order valence-corrected chi connectivity index (χ0v) is 22.0. The van der Waals surface area contributed by atoms with E-state index in [4.69, 9.17) is 5.73 Å². The van der Waals surface area contributed by atoms with E-state index < -0.39 is 47.9 Å². The van der Waals surface area contributed by atoms with Crippen molar-refractivity contribution in [3.63, 3.8) is 0 Å². The summed E-state index contributed by atoms with van der Waals surface area (Å²) in [5, 5.41) is 17.3. The lowest BCUT2D eigenvalue weighted by Crippen LogP contribution is -2.58. The van der Waals surface area contributed by atoms with E-state index in [0.29, 0.717) is 6.42 Å². The summed E-state index contributed by atoms with van der Waals surface area (Å²) in [4.78, 5) is 50.5. The van der Waals surface area contributed by atoms with Gasteiger partial charge in [0.1, 0.15) is 18.1 Å². The van der Waals surface area contributed by atoms with Crippen LogP contribution in [0.2, 0.25) is 0 Å². The summed E-state index contributed by atoms with van der Waals surface area (Å²) in [6, 6.07) is 14.2. The van der Waals surface area contributed by atoms with Crippen LogP contribution in [0.4, 0.5) is 0 Å². The molecular formula is C27H36N4O5S. The Bertz CT molecular complexity index is 1040. The van der Waals surface area contributed by atoms with Crippen LogP contribution in [0.3, 0.4) is 0 Å². The average Bonchev–Trinajstić information content (AvgIpc) is 2.87. The summed E-state index contributed by atoms with van der Waals surface area (Å²) >= 11 is 4.20. The van der Waals surface area contributed by atoms with Crippen molar-refractivity contribution in [2.45, 2.75) is 57.3 Å². The lowest BCUT2D eigenvalue weighted by atomic mass is 10.0. The van der Waals surface area contributed by atoms with Gasteiger partial charge in [-0.15, -0.1) is 0 Å². The highest BCUT2D eigenvalue weighted by Crippen LogP contribution is 2.09. The van der Waals surface area contributed by atoms with Crippen LogP contribution in [0.15, 0.2) is 60.7 Å². The van der Waals surface area contributed by atoms with E-state index in [9.17, 15) is 24.3 Å². The Morgan fingerprint density at radius 1 is 0.757 bits per heavy atom. The molecule has 0 aliphatic carbocycles. The van der Waals surface area contributed by atoms with Crippen molar-refractivity contribution in [3.05, 3.63) is 71.8 Å². The molecule has 3 amide bonds. The summed E-state index contributed by atoms with van der Waals surface area (Å²) in [5.41, 5.74) is 7.69. The minimum atomic E-state index is -1.15. The average molecular weight is 529 g/mol. The number of benzene rings is 2. The Morgan fingerprint density at radius 3 is 1.70 bits per heavy atom. The van der Waals surface area contributed by atoms with E-state index in [2.05, 4.69) is 28.6 Å². The van der Waals surface area contributed by atoms with Gasteiger partial charge < -0.3 is 26.8 Å². The summed E-state index contributed by atoms with van der Waals surface area (Å²) in [6.07, 6.45) is 0.661. The van der Waals surface area contributed by atoms with E-state index in [-0.39, 0.29) is 24.5 Å². The molecule has 9 nitrogen and oxygen atoms in total. The van der Waals surface area contributed by atoms with Crippen molar-refractivity contribution in [3.8, 4) is 0 Å². The molecule has 10 heteroatoms. The Hall–Kier alpha value is -3.37. The maximum absolute atomic E-state index is 13.1. The number of carboxylic acid groups (broad SMARTS) is 1. The number of amides is 3. The van der Waals surface area contributed by atoms with E-state index in [1.165, 1.54) is 0 Å². The van der Waals surface area contributed by atoms with E-state index in [0.717, 1.165) is 11.1 Å². The molecule has 0 bridgehead atoms. The number of nitrogens with one attached hydrogen (secondary N) is 3. The van der Waals surface area contributed by atoms with Gasteiger partial charge in [-0.05, 0) is 29.9 Å². The van der Waals surface area contributed by atoms with Gasteiger partial charge in [-0.3, -0.25) is 14.4 Å². The summed E-state index contributed by atoms with van der Waals surface area (Å²) < 4.78 is 0. The third-order valence-corrected chi connectivity index (χ3v) is 6.05. The molecule has 0 aliphatic heterocycles. The summed E-state index contributed by atoms with van der Waals surface area (Å²) in [5.74, 6) is -2.92. The first-order valence-electron chi connectivity index (χ1n) is 12.2. The molecule has 0 aromatic heterocycles. The molecule has 0 saturated heterocycles. The van der Waals surface area contributed by atoms with Gasteiger partial charge in [0.25, 0.3) is 0 Å². The maximum atomic E-state index is 13.1.